The highest BCUT2D eigenvalue weighted by Gasteiger charge is 2.34. The molecule has 1 aromatic carbocycles. The number of benzene rings is 1. The maximum atomic E-state index is 12.7. The van der Waals surface area contributed by atoms with Crippen LogP contribution in [-0.2, 0) is 11.2 Å². The van der Waals surface area contributed by atoms with Gasteiger partial charge in [-0.1, -0.05) is 6.07 Å². The Labute approximate surface area is 109 Å². The highest BCUT2D eigenvalue weighted by Crippen LogP contribution is 2.31. The number of fused-ring (bicyclic) bond motifs is 1. The van der Waals surface area contributed by atoms with E-state index in [1.165, 1.54) is 5.56 Å². The van der Waals surface area contributed by atoms with Gasteiger partial charge in [0.05, 0.1) is 6.04 Å². The SMILES string of the molecule is [2H]CN1CCC[C@H]1C(=O)N1CCc2ccc(N)cc21. The van der Waals surface area contributed by atoms with Crippen LogP contribution in [0.2, 0.25) is 0 Å². The van der Waals surface area contributed by atoms with Crippen LogP contribution in [-0.4, -0.2) is 37.0 Å². The van der Waals surface area contributed by atoms with Gasteiger partial charge in [0.15, 0.2) is 0 Å². The Bertz CT molecular complexity index is 505. The lowest BCUT2D eigenvalue weighted by Crippen LogP contribution is -2.43. The molecule has 0 aromatic heterocycles. The van der Waals surface area contributed by atoms with E-state index in [-0.39, 0.29) is 19.0 Å². The molecule has 2 aliphatic heterocycles. The average molecular weight is 246 g/mol. The molecule has 2 heterocycles. The van der Waals surface area contributed by atoms with Crippen LogP contribution >= 0.6 is 0 Å². The number of likely N-dealkylation sites (tertiary alicyclic amines) is 1. The maximum Gasteiger partial charge on any atom is 0.244 e. The van der Waals surface area contributed by atoms with E-state index in [1.54, 1.807) is 0 Å². The Balaban J connectivity index is 1.85. The first-order valence-corrected chi connectivity index (χ1v) is 6.44. The zero-order valence-electron chi connectivity index (χ0n) is 11.4. The molecule has 18 heavy (non-hydrogen) atoms. The van der Waals surface area contributed by atoms with Gasteiger partial charge in [0.25, 0.3) is 0 Å². The second-order valence-electron chi connectivity index (χ2n) is 5.10. The van der Waals surface area contributed by atoms with Crippen molar-refractivity contribution in [2.45, 2.75) is 25.3 Å². The van der Waals surface area contributed by atoms with Crippen molar-refractivity contribution in [3.63, 3.8) is 0 Å². The smallest absolute Gasteiger partial charge is 0.244 e. The fraction of sp³-hybridized carbons (Fsp3) is 0.500. The molecule has 0 spiro atoms. The molecular weight excluding hydrogens is 226 g/mol. The average Bonchev–Trinajstić information content (AvgIpc) is 3.03. The summed E-state index contributed by atoms with van der Waals surface area (Å²) in [5.41, 5.74) is 8.67. The molecule has 3 rings (SSSR count). The lowest BCUT2D eigenvalue weighted by Gasteiger charge is -2.25. The van der Waals surface area contributed by atoms with Crippen LogP contribution in [0.3, 0.4) is 0 Å². The molecule has 1 aromatic rings. The summed E-state index contributed by atoms with van der Waals surface area (Å²) in [7, 11) is 0.202. The fourth-order valence-corrected chi connectivity index (χ4v) is 2.91. The molecule has 96 valence electrons. The molecule has 0 aliphatic carbocycles. The highest BCUT2D eigenvalue weighted by atomic mass is 16.2. The predicted molar refractivity (Wildman–Crippen MR) is 72.6 cm³/mol. The number of nitrogens with zero attached hydrogens (tertiary/aromatic N) is 2. The Hall–Kier alpha value is -1.55. The number of amides is 1. The van der Waals surface area contributed by atoms with Gasteiger partial charge < -0.3 is 10.6 Å². The lowest BCUT2D eigenvalue weighted by molar-refractivity contribution is -0.122. The molecule has 4 heteroatoms. The van der Waals surface area contributed by atoms with Crippen LogP contribution in [0.4, 0.5) is 11.4 Å². The quantitative estimate of drug-likeness (QED) is 0.759. The largest absolute Gasteiger partial charge is 0.399 e. The number of hydrogen-bond acceptors (Lipinski definition) is 3. The first-order chi connectivity index (χ1) is 9.20. The van der Waals surface area contributed by atoms with Gasteiger partial charge in [-0.25, -0.2) is 0 Å². The minimum Gasteiger partial charge on any atom is -0.399 e. The van der Waals surface area contributed by atoms with Crippen LogP contribution in [0.15, 0.2) is 18.2 Å². The molecule has 0 saturated carbocycles. The Morgan fingerprint density at radius 2 is 2.39 bits per heavy atom. The standard InChI is InChI=1S/C14H19N3O/c1-16-7-2-3-12(16)14(18)17-8-6-10-4-5-11(15)9-13(10)17/h4-5,9,12H,2-3,6-8,15H2,1H3/t12-/m0/s1/i1D. The predicted octanol–water partition coefficient (Wildman–Crippen LogP) is 1.25. The van der Waals surface area contributed by atoms with Crippen molar-refractivity contribution >= 4 is 17.3 Å². The van der Waals surface area contributed by atoms with Gasteiger partial charge in [-0.05, 0) is 50.5 Å². The van der Waals surface area contributed by atoms with Gasteiger partial charge in [0, 0.05) is 19.3 Å². The first-order valence-electron chi connectivity index (χ1n) is 7.14. The molecule has 1 fully saturated rings. The summed E-state index contributed by atoms with van der Waals surface area (Å²) in [4.78, 5) is 16.5. The highest BCUT2D eigenvalue weighted by molar-refractivity contribution is 5.99. The molecule has 1 atom stereocenters. The number of carbonyl (C=O) groups excluding carboxylic acids is 1. The van der Waals surface area contributed by atoms with E-state index in [2.05, 4.69) is 0 Å². The van der Waals surface area contributed by atoms with E-state index in [0.29, 0.717) is 5.69 Å². The van der Waals surface area contributed by atoms with Crippen molar-refractivity contribution in [1.29, 1.82) is 0 Å². The van der Waals surface area contributed by atoms with Gasteiger partial charge in [-0.2, -0.15) is 0 Å². The summed E-state index contributed by atoms with van der Waals surface area (Å²) in [6, 6.07) is 5.66. The molecule has 1 saturated heterocycles. The molecule has 4 nitrogen and oxygen atoms in total. The number of nitrogens with two attached hydrogens (primary N) is 1. The molecule has 0 bridgehead atoms. The van der Waals surface area contributed by atoms with Crippen molar-refractivity contribution in [2.75, 3.05) is 30.7 Å². The summed E-state index contributed by atoms with van der Waals surface area (Å²) in [6.45, 7) is 1.59. The summed E-state index contributed by atoms with van der Waals surface area (Å²) >= 11 is 0. The van der Waals surface area contributed by atoms with Gasteiger partial charge in [-0.3, -0.25) is 9.69 Å². The minimum absolute atomic E-state index is 0.120. The van der Waals surface area contributed by atoms with E-state index < -0.39 is 0 Å². The second-order valence-corrected chi connectivity index (χ2v) is 5.10. The monoisotopic (exact) mass is 246 g/mol. The van der Waals surface area contributed by atoms with Gasteiger partial charge in [0.2, 0.25) is 5.91 Å². The lowest BCUT2D eigenvalue weighted by atomic mass is 10.1. The number of rotatable bonds is 1. The Morgan fingerprint density at radius 1 is 1.50 bits per heavy atom. The number of nitrogen functional groups attached to an aromatic ring is 1. The zero-order valence-corrected chi connectivity index (χ0v) is 10.4. The van der Waals surface area contributed by atoms with Crippen molar-refractivity contribution in [2.24, 2.45) is 0 Å². The Morgan fingerprint density at radius 3 is 3.22 bits per heavy atom. The van der Waals surface area contributed by atoms with E-state index >= 15 is 0 Å². The van der Waals surface area contributed by atoms with Crippen molar-refractivity contribution in [1.82, 2.24) is 4.90 Å². The molecular formula is C14H19N3O. The fourth-order valence-electron chi connectivity index (χ4n) is 2.91. The van der Waals surface area contributed by atoms with Crippen LogP contribution < -0.4 is 10.6 Å². The third-order valence-corrected chi connectivity index (χ3v) is 3.92. The normalized spacial score (nSPS) is 24.1. The van der Waals surface area contributed by atoms with Gasteiger partial charge in [-0.15, -0.1) is 0 Å². The Kier molecular flexibility index (Phi) is 2.47. The maximum absolute atomic E-state index is 12.7. The third kappa shape index (κ3) is 1.77. The van der Waals surface area contributed by atoms with Crippen molar-refractivity contribution in [3.8, 4) is 0 Å². The first kappa shape index (κ1) is 10.4. The summed E-state index contributed by atoms with van der Waals surface area (Å²) in [5, 5.41) is 0. The van der Waals surface area contributed by atoms with E-state index in [0.717, 1.165) is 38.0 Å². The van der Waals surface area contributed by atoms with Crippen LogP contribution in [0.1, 0.15) is 19.8 Å². The number of likely N-dealkylation sites (N-methyl/N-ethyl adjacent to an activating group) is 1. The summed E-state index contributed by atoms with van der Waals surface area (Å²) < 4.78 is 7.51. The third-order valence-electron chi connectivity index (χ3n) is 3.92. The van der Waals surface area contributed by atoms with Crippen LogP contribution in [0, 0.1) is 0 Å². The molecule has 0 unspecified atom stereocenters. The van der Waals surface area contributed by atoms with E-state index in [4.69, 9.17) is 7.10 Å². The molecule has 2 aliphatic rings. The van der Waals surface area contributed by atoms with Gasteiger partial charge >= 0.3 is 0 Å². The van der Waals surface area contributed by atoms with Crippen LogP contribution in [0.5, 0.6) is 0 Å². The van der Waals surface area contributed by atoms with Crippen LogP contribution in [0.25, 0.3) is 0 Å². The minimum atomic E-state index is -0.120. The van der Waals surface area contributed by atoms with Gasteiger partial charge in [0.1, 0.15) is 0 Å². The molecule has 2 N–H and O–H groups in total. The topological polar surface area (TPSA) is 49.6 Å². The van der Waals surface area contributed by atoms with Crippen molar-refractivity contribution < 1.29 is 6.17 Å². The summed E-state index contributed by atoms with van der Waals surface area (Å²) in [6.07, 6.45) is 2.77. The number of anilines is 2. The number of hydrogen-bond donors (Lipinski definition) is 1. The number of carbonyl (C=O) groups is 1. The molecule has 1 amide bonds. The zero-order chi connectivity index (χ0) is 13.4. The summed E-state index contributed by atoms with van der Waals surface area (Å²) in [5.74, 6) is 0.133. The molecule has 0 radical (unpaired) electrons. The van der Waals surface area contributed by atoms with E-state index in [1.807, 2.05) is 28.0 Å². The van der Waals surface area contributed by atoms with E-state index in [9.17, 15) is 4.79 Å². The second kappa shape index (κ2) is 4.28. The van der Waals surface area contributed by atoms with Crippen molar-refractivity contribution in [3.05, 3.63) is 23.8 Å².